The first-order valence-electron chi connectivity index (χ1n) is 6.73. The summed E-state index contributed by atoms with van der Waals surface area (Å²) in [4.78, 5) is 27.6. The largest absolute Gasteiger partial charge is 0.337 e. The van der Waals surface area contributed by atoms with E-state index in [0.717, 1.165) is 25.7 Å². The molecule has 1 saturated carbocycles. The molecule has 108 valence electrons. The van der Waals surface area contributed by atoms with E-state index >= 15 is 0 Å². The van der Waals surface area contributed by atoms with E-state index in [9.17, 15) is 9.59 Å². The Bertz CT molecular complexity index is 384. The Kier molecular flexibility index (Phi) is 3.92. The maximum Gasteiger partial charge on any atom is 0.317 e. The van der Waals surface area contributed by atoms with Crippen molar-refractivity contribution in [2.45, 2.75) is 37.3 Å². The minimum atomic E-state index is -0.641. The smallest absolute Gasteiger partial charge is 0.317 e. The number of nitrogens with one attached hydrogen (secondary N) is 1. The van der Waals surface area contributed by atoms with Crippen molar-refractivity contribution in [2.75, 3.05) is 26.2 Å². The molecule has 6 nitrogen and oxygen atoms in total. The molecule has 3 amide bonds. The van der Waals surface area contributed by atoms with Crippen molar-refractivity contribution in [3.63, 3.8) is 0 Å². The fraction of sp³-hybridized carbons (Fsp3) is 0.833. The number of halogens is 1. The highest BCUT2D eigenvalue weighted by Crippen LogP contribution is 2.30. The lowest BCUT2D eigenvalue weighted by molar-refractivity contribution is -0.139. The fourth-order valence-electron chi connectivity index (χ4n) is 3.32. The molecule has 0 aromatic rings. The van der Waals surface area contributed by atoms with Crippen LogP contribution >= 0.6 is 12.4 Å². The van der Waals surface area contributed by atoms with Gasteiger partial charge in [-0.25, -0.2) is 4.79 Å². The molecule has 1 unspecified atom stereocenters. The second kappa shape index (κ2) is 5.17. The molecule has 0 radical (unpaired) electrons. The molecule has 3 fully saturated rings. The molecule has 3 aliphatic rings. The average molecular weight is 289 g/mol. The van der Waals surface area contributed by atoms with Crippen molar-refractivity contribution in [1.82, 2.24) is 15.1 Å². The molecule has 2 saturated heterocycles. The zero-order valence-corrected chi connectivity index (χ0v) is 11.7. The highest BCUT2D eigenvalue weighted by atomic mass is 35.5. The van der Waals surface area contributed by atoms with Gasteiger partial charge in [0.1, 0.15) is 0 Å². The average Bonchev–Trinajstić information content (AvgIpc) is 2.96. The van der Waals surface area contributed by atoms with Crippen molar-refractivity contribution in [1.29, 1.82) is 0 Å². The van der Waals surface area contributed by atoms with Crippen molar-refractivity contribution in [3.8, 4) is 0 Å². The summed E-state index contributed by atoms with van der Waals surface area (Å²) in [6.45, 7) is 2.50. The van der Waals surface area contributed by atoms with Gasteiger partial charge >= 0.3 is 6.03 Å². The lowest BCUT2D eigenvalue weighted by atomic mass is 9.96. The van der Waals surface area contributed by atoms with Crippen LogP contribution in [0.15, 0.2) is 0 Å². The van der Waals surface area contributed by atoms with Gasteiger partial charge in [-0.15, -0.1) is 12.4 Å². The quantitative estimate of drug-likeness (QED) is 0.708. The summed E-state index contributed by atoms with van der Waals surface area (Å²) in [5, 5.41) is 2.82. The van der Waals surface area contributed by atoms with Gasteiger partial charge in [0.2, 0.25) is 5.91 Å². The number of fused-ring (bicyclic) bond motifs is 1. The van der Waals surface area contributed by atoms with Gasteiger partial charge < -0.3 is 20.9 Å². The summed E-state index contributed by atoms with van der Waals surface area (Å²) in [5.74, 6) is 0.0824. The van der Waals surface area contributed by atoms with Gasteiger partial charge in [-0.2, -0.15) is 0 Å². The molecule has 2 heterocycles. The van der Waals surface area contributed by atoms with E-state index in [1.54, 1.807) is 0 Å². The first-order chi connectivity index (χ1) is 8.60. The van der Waals surface area contributed by atoms with Gasteiger partial charge in [0.25, 0.3) is 0 Å². The van der Waals surface area contributed by atoms with Gasteiger partial charge in [-0.1, -0.05) is 12.8 Å². The Morgan fingerprint density at radius 3 is 2.68 bits per heavy atom. The molecule has 2 aliphatic heterocycles. The first kappa shape index (κ1) is 14.4. The van der Waals surface area contributed by atoms with Crippen LogP contribution in [0.4, 0.5) is 4.79 Å². The van der Waals surface area contributed by atoms with Gasteiger partial charge in [0.15, 0.2) is 0 Å². The molecule has 1 atom stereocenters. The number of hydrogen-bond acceptors (Lipinski definition) is 3. The normalized spacial score (nSPS) is 28.7. The first-order valence-corrected chi connectivity index (χ1v) is 6.73. The molecule has 19 heavy (non-hydrogen) atoms. The predicted molar refractivity (Wildman–Crippen MR) is 73.1 cm³/mol. The van der Waals surface area contributed by atoms with E-state index < -0.39 is 5.54 Å². The summed E-state index contributed by atoms with van der Waals surface area (Å²) < 4.78 is 0. The zero-order valence-electron chi connectivity index (χ0n) is 10.9. The third-order valence-electron chi connectivity index (χ3n) is 4.44. The Labute approximate surface area is 119 Å². The lowest BCUT2D eigenvalue weighted by Gasteiger charge is -2.39. The number of rotatable bonds is 1. The predicted octanol–water partition coefficient (Wildman–Crippen LogP) is -0.0843. The number of urea groups is 1. The molecule has 1 aliphatic carbocycles. The molecular weight excluding hydrogens is 268 g/mol. The molecule has 7 heteroatoms. The van der Waals surface area contributed by atoms with Crippen molar-refractivity contribution in [3.05, 3.63) is 0 Å². The van der Waals surface area contributed by atoms with Crippen LogP contribution in [0.3, 0.4) is 0 Å². The van der Waals surface area contributed by atoms with Crippen LogP contribution in [0, 0.1) is 0 Å². The van der Waals surface area contributed by atoms with Crippen molar-refractivity contribution < 1.29 is 9.59 Å². The summed E-state index contributed by atoms with van der Waals surface area (Å²) in [5.41, 5.74) is 5.57. The Morgan fingerprint density at radius 1 is 1.32 bits per heavy atom. The standard InChI is InChI=1S/C12H20N4O2.ClH/c13-12(3-1-2-4-12)10(17)15-5-6-16-9(8-15)7-14-11(16)18;/h9H,1-8,13H2,(H,14,18);1H. The van der Waals surface area contributed by atoms with Gasteiger partial charge in [-0.3, -0.25) is 4.79 Å². The summed E-state index contributed by atoms with van der Waals surface area (Å²) >= 11 is 0. The van der Waals surface area contributed by atoms with E-state index in [-0.39, 0.29) is 30.4 Å². The van der Waals surface area contributed by atoms with Crippen LogP contribution in [0.5, 0.6) is 0 Å². The van der Waals surface area contributed by atoms with Crippen LogP contribution in [-0.4, -0.2) is 59.5 Å². The van der Waals surface area contributed by atoms with Gasteiger partial charge in [0.05, 0.1) is 11.6 Å². The minimum absolute atomic E-state index is 0. The van der Waals surface area contributed by atoms with Crippen LogP contribution in [0.1, 0.15) is 25.7 Å². The highest BCUT2D eigenvalue weighted by molar-refractivity contribution is 5.87. The number of piperazine rings is 1. The van der Waals surface area contributed by atoms with E-state index in [1.807, 2.05) is 9.80 Å². The van der Waals surface area contributed by atoms with Crippen molar-refractivity contribution >= 4 is 24.3 Å². The number of nitrogens with two attached hydrogens (primary N) is 1. The molecule has 0 aromatic heterocycles. The van der Waals surface area contributed by atoms with Gasteiger partial charge in [-0.05, 0) is 12.8 Å². The summed E-state index contributed by atoms with van der Waals surface area (Å²) in [7, 11) is 0. The molecule has 3 rings (SSSR count). The number of carbonyl (C=O) groups is 2. The van der Waals surface area contributed by atoms with E-state index in [0.29, 0.717) is 26.2 Å². The maximum atomic E-state index is 12.5. The maximum absolute atomic E-state index is 12.5. The highest BCUT2D eigenvalue weighted by Gasteiger charge is 2.43. The lowest BCUT2D eigenvalue weighted by Crippen LogP contribution is -2.60. The molecule has 0 aromatic carbocycles. The summed E-state index contributed by atoms with van der Waals surface area (Å²) in [6, 6.07) is 0.121. The monoisotopic (exact) mass is 288 g/mol. The Morgan fingerprint density at radius 2 is 2.00 bits per heavy atom. The van der Waals surface area contributed by atoms with Crippen LogP contribution in [0.25, 0.3) is 0 Å². The second-order valence-electron chi connectivity index (χ2n) is 5.65. The SMILES string of the molecule is Cl.NC1(C(=O)N2CCN3C(=O)NCC3C2)CCCC1. The fourth-order valence-corrected chi connectivity index (χ4v) is 3.32. The van der Waals surface area contributed by atoms with E-state index in [4.69, 9.17) is 5.73 Å². The summed E-state index contributed by atoms with van der Waals surface area (Å²) in [6.07, 6.45) is 3.69. The molecule has 0 spiro atoms. The van der Waals surface area contributed by atoms with Crippen molar-refractivity contribution in [2.24, 2.45) is 5.73 Å². The van der Waals surface area contributed by atoms with Gasteiger partial charge in [0, 0.05) is 26.2 Å². The number of nitrogens with zero attached hydrogens (tertiary/aromatic N) is 2. The Hall–Kier alpha value is -1.01. The molecule has 3 N–H and O–H groups in total. The topological polar surface area (TPSA) is 78.7 Å². The second-order valence-corrected chi connectivity index (χ2v) is 5.65. The van der Waals surface area contributed by atoms with E-state index in [2.05, 4.69) is 5.32 Å². The number of amides is 3. The molecular formula is C12H21ClN4O2. The van der Waals surface area contributed by atoms with E-state index in [1.165, 1.54) is 0 Å². The number of carbonyl (C=O) groups excluding carboxylic acids is 2. The minimum Gasteiger partial charge on any atom is -0.337 e. The van der Waals surface area contributed by atoms with Crippen LogP contribution in [0.2, 0.25) is 0 Å². The van der Waals surface area contributed by atoms with Crippen LogP contribution in [-0.2, 0) is 4.79 Å². The third-order valence-corrected chi connectivity index (χ3v) is 4.44. The molecule has 0 bridgehead atoms. The van der Waals surface area contributed by atoms with Crippen LogP contribution < -0.4 is 11.1 Å². The third kappa shape index (κ3) is 2.39. The zero-order chi connectivity index (χ0) is 12.8. The Balaban J connectivity index is 0.00000133. The number of hydrogen-bond donors (Lipinski definition) is 2.